The highest BCUT2D eigenvalue weighted by molar-refractivity contribution is 5.84. The molecule has 9 aromatic carbocycles. The summed E-state index contributed by atoms with van der Waals surface area (Å²) in [5.74, 6) is 0. The van der Waals surface area contributed by atoms with Crippen LogP contribution in [-0.4, -0.2) is 4.98 Å². The normalized spacial score (nSPS) is 11.1. The van der Waals surface area contributed by atoms with Gasteiger partial charge in [-0.05, 0) is 165 Å². The number of nitrogens with zero attached hydrogens (tertiary/aromatic N) is 1. The second-order valence-corrected chi connectivity index (χ2v) is 17.1. The maximum absolute atomic E-state index is 5.40. The lowest BCUT2D eigenvalue weighted by atomic mass is 9.93. The molecule has 0 aliphatic rings. The summed E-state index contributed by atoms with van der Waals surface area (Å²) < 4.78 is 0. The Balaban J connectivity index is 0.992. The van der Waals surface area contributed by atoms with Gasteiger partial charge in [-0.25, -0.2) is 4.98 Å². The fourth-order valence-corrected chi connectivity index (χ4v) is 8.92. The molecule has 1 heteroatoms. The first-order valence-corrected chi connectivity index (χ1v) is 22.2. The number of hydrogen-bond donors (Lipinski definition) is 0. The minimum atomic E-state index is 0.937. The zero-order valence-corrected chi connectivity index (χ0v) is 36.8. The molecule has 0 fully saturated rings. The van der Waals surface area contributed by atoms with E-state index in [2.05, 4.69) is 252 Å². The number of rotatable bonds is 9. The molecule has 64 heavy (non-hydrogen) atoms. The molecule has 1 aromatic heterocycles. The van der Waals surface area contributed by atoms with Gasteiger partial charge in [0.05, 0.1) is 11.4 Å². The zero-order chi connectivity index (χ0) is 43.6. The van der Waals surface area contributed by atoms with Crippen LogP contribution in [0.3, 0.4) is 0 Å². The summed E-state index contributed by atoms with van der Waals surface area (Å²) >= 11 is 0. The average Bonchev–Trinajstić information content (AvgIpc) is 3.36. The van der Waals surface area contributed by atoms with E-state index in [1.54, 1.807) is 0 Å². The number of pyridine rings is 1. The number of benzene rings is 9. The number of hydrogen-bond acceptors (Lipinski definition) is 1. The van der Waals surface area contributed by atoms with E-state index in [1.165, 1.54) is 77.9 Å². The van der Waals surface area contributed by atoms with Crippen LogP contribution in [0.5, 0.6) is 0 Å². The van der Waals surface area contributed by atoms with Crippen LogP contribution < -0.4 is 0 Å². The van der Waals surface area contributed by atoms with E-state index in [4.69, 9.17) is 4.98 Å². The zero-order valence-electron chi connectivity index (χ0n) is 36.8. The molecule has 0 N–H and O–H groups in total. The van der Waals surface area contributed by atoms with E-state index in [0.29, 0.717) is 0 Å². The standard InChI is InChI=1S/C63H49N/c1-42-28-30-44(3)60(32-42)55-24-10-20-51(36-55)47-16-8-18-49(34-47)53-22-12-26-57(38-53)62-40-59(46-14-6-5-7-15-46)41-63(64-62)58-27-13-23-54(39-58)50-19-9-17-48(35-50)52-21-11-25-56(37-52)61-33-43(2)29-31-45(61)4/h5-41H,1-4H3. The van der Waals surface area contributed by atoms with Gasteiger partial charge in [0.1, 0.15) is 0 Å². The van der Waals surface area contributed by atoms with Gasteiger partial charge in [0.15, 0.2) is 0 Å². The largest absolute Gasteiger partial charge is 0.248 e. The van der Waals surface area contributed by atoms with Crippen LogP contribution in [0.15, 0.2) is 224 Å². The summed E-state index contributed by atoms with van der Waals surface area (Å²) in [4.78, 5) is 5.40. The van der Waals surface area contributed by atoms with Crippen LogP contribution in [0.2, 0.25) is 0 Å². The van der Waals surface area contributed by atoms with Crippen LogP contribution >= 0.6 is 0 Å². The van der Waals surface area contributed by atoms with Crippen molar-refractivity contribution in [3.63, 3.8) is 0 Å². The minimum Gasteiger partial charge on any atom is -0.248 e. The monoisotopic (exact) mass is 819 g/mol. The lowest BCUT2D eigenvalue weighted by molar-refractivity contribution is 1.32. The fraction of sp³-hybridized carbons (Fsp3) is 0.0635. The molecular formula is C63H49N. The lowest BCUT2D eigenvalue weighted by Gasteiger charge is -2.13. The molecule has 0 saturated heterocycles. The van der Waals surface area contributed by atoms with Crippen molar-refractivity contribution in [3.8, 4) is 100 Å². The second kappa shape index (κ2) is 17.5. The van der Waals surface area contributed by atoms with Gasteiger partial charge in [-0.15, -0.1) is 0 Å². The van der Waals surface area contributed by atoms with Gasteiger partial charge in [0, 0.05) is 11.1 Å². The molecule has 306 valence electrons. The molecule has 0 radical (unpaired) electrons. The molecule has 10 rings (SSSR count). The van der Waals surface area contributed by atoms with Crippen molar-refractivity contribution < 1.29 is 0 Å². The van der Waals surface area contributed by atoms with Crippen LogP contribution in [-0.2, 0) is 0 Å². The third-order valence-corrected chi connectivity index (χ3v) is 12.4. The van der Waals surface area contributed by atoms with Crippen molar-refractivity contribution in [1.82, 2.24) is 4.98 Å². The quantitative estimate of drug-likeness (QED) is 0.141. The fourth-order valence-electron chi connectivity index (χ4n) is 8.92. The van der Waals surface area contributed by atoms with Gasteiger partial charge < -0.3 is 0 Å². The van der Waals surface area contributed by atoms with Gasteiger partial charge in [-0.3, -0.25) is 0 Å². The molecule has 1 nitrogen and oxygen atoms in total. The predicted molar refractivity (Wildman–Crippen MR) is 272 cm³/mol. The predicted octanol–water partition coefficient (Wildman–Crippen LogP) is 17.3. The van der Waals surface area contributed by atoms with E-state index < -0.39 is 0 Å². The van der Waals surface area contributed by atoms with E-state index in [-0.39, 0.29) is 0 Å². The van der Waals surface area contributed by atoms with Crippen molar-refractivity contribution in [3.05, 3.63) is 247 Å². The Morgan fingerprint density at radius 1 is 0.219 bits per heavy atom. The average molecular weight is 820 g/mol. The van der Waals surface area contributed by atoms with Crippen LogP contribution in [0.1, 0.15) is 22.3 Å². The van der Waals surface area contributed by atoms with E-state index in [1.807, 2.05) is 0 Å². The topological polar surface area (TPSA) is 12.9 Å². The van der Waals surface area contributed by atoms with Crippen molar-refractivity contribution in [2.24, 2.45) is 0 Å². The highest BCUT2D eigenvalue weighted by Crippen LogP contribution is 2.37. The maximum Gasteiger partial charge on any atom is 0.0715 e. The third-order valence-electron chi connectivity index (χ3n) is 12.4. The molecule has 0 aliphatic carbocycles. The summed E-state index contributed by atoms with van der Waals surface area (Å²) in [6.45, 7) is 8.69. The molecule has 0 unspecified atom stereocenters. The van der Waals surface area contributed by atoms with Gasteiger partial charge in [-0.2, -0.15) is 0 Å². The molecule has 0 saturated carbocycles. The molecule has 0 bridgehead atoms. The Morgan fingerprint density at radius 3 is 0.891 bits per heavy atom. The maximum atomic E-state index is 5.40. The molecule has 10 aromatic rings. The first kappa shape index (κ1) is 40.2. The Hall–Kier alpha value is -7.87. The molecule has 0 spiro atoms. The SMILES string of the molecule is Cc1ccc(C)c(-c2cccc(-c3cccc(-c4cccc(-c5cc(-c6ccccc6)cc(-c6cccc(-c7cccc(-c8cccc(-c9cc(C)ccc9C)c8)c7)c6)n5)c4)c3)c2)c1. The smallest absolute Gasteiger partial charge is 0.0715 e. The number of aryl methyl sites for hydroxylation is 4. The molecule has 1 heterocycles. The first-order chi connectivity index (χ1) is 31.3. The molecular weight excluding hydrogens is 771 g/mol. The summed E-state index contributed by atoms with van der Waals surface area (Å²) in [6.07, 6.45) is 0. The Morgan fingerprint density at radius 2 is 0.516 bits per heavy atom. The molecule has 0 aliphatic heterocycles. The minimum absolute atomic E-state index is 0.937. The van der Waals surface area contributed by atoms with Crippen molar-refractivity contribution in [1.29, 1.82) is 0 Å². The van der Waals surface area contributed by atoms with Crippen LogP contribution in [0, 0.1) is 27.7 Å². The highest BCUT2D eigenvalue weighted by atomic mass is 14.7. The highest BCUT2D eigenvalue weighted by Gasteiger charge is 2.13. The van der Waals surface area contributed by atoms with Gasteiger partial charge >= 0.3 is 0 Å². The van der Waals surface area contributed by atoms with Gasteiger partial charge in [0.2, 0.25) is 0 Å². The van der Waals surface area contributed by atoms with Crippen LogP contribution in [0.4, 0.5) is 0 Å². The molecule has 0 atom stereocenters. The van der Waals surface area contributed by atoms with E-state index >= 15 is 0 Å². The summed E-state index contributed by atoms with van der Waals surface area (Å²) in [6, 6.07) is 81.7. The van der Waals surface area contributed by atoms with Gasteiger partial charge in [-0.1, -0.05) is 187 Å². The third kappa shape index (κ3) is 8.49. The number of aromatic nitrogens is 1. The summed E-state index contributed by atoms with van der Waals surface area (Å²) in [5.41, 5.74) is 25.9. The Bertz CT molecular complexity index is 3120. The van der Waals surface area contributed by atoms with Crippen LogP contribution in [0.25, 0.3) is 100 Å². The van der Waals surface area contributed by atoms with Crippen molar-refractivity contribution in [2.45, 2.75) is 27.7 Å². The van der Waals surface area contributed by atoms with Crippen molar-refractivity contribution >= 4 is 0 Å². The second-order valence-electron chi connectivity index (χ2n) is 17.1. The Kier molecular flexibility index (Phi) is 11.0. The molecule has 0 amide bonds. The van der Waals surface area contributed by atoms with Gasteiger partial charge in [0.25, 0.3) is 0 Å². The Labute approximate surface area is 378 Å². The van der Waals surface area contributed by atoms with Crippen molar-refractivity contribution in [2.75, 3.05) is 0 Å². The summed E-state index contributed by atoms with van der Waals surface area (Å²) in [7, 11) is 0. The lowest BCUT2D eigenvalue weighted by Crippen LogP contribution is -1.92. The first-order valence-electron chi connectivity index (χ1n) is 22.2. The van der Waals surface area contributed by atoms with E-state index in [9.17, 15) is 0 Å². The summed E-state index contributed by atoms with van der Waals surface area (Å²) in [5, 5.41) is 0. The van der Waals surface area contributed by atoms with E-state index in [0.717, 1.165) is 44.8 Å².